The topological polar surface area (TPSA) is 89.9 Å². The molecule has 0 unspecified atom stereocenters. The molecular weight excluding hydrogens is 274 g/mol. The van der Waals surface area contributed by atoms with Crippen molar-refractivity contribution in [3.05, 3.63) is 0 Å². The summed E-state index contributed by atoms with van der Waals surface area (Å²) in [6.45, 7) is 2.84. The summed E-state index contributed by atoms with van der Waals surface area (Å²) in [5.74, 6) is -0.711. The Balaban J connectivity index is 1.67. The summed E-state index contributed by atoms with van der Waals surface area (Å²) in [6, 6.07) is 0.247. The van der Waals surface area contributed by atoms with Gasteiger partial charge in [0.15, 0.2) is 0 Å². The summed E-state index contributed by atoms with van der Waals surface area (Å²) in [5.41, 5.74) is 0. The summed E-state index contributed by atoms with van der Waals surface area (Å²) in [5, 5.41) is 11.4. The summed E-state index contributed by atoms with van der Waals surface area (Å²) < 4.78 is 0. The van der Waals surface area contributed by atoms with Crippen LogP contribution in [0.4, 0.5) is 4.79 Å². The number of carboxylic acid groups (broad SMARTS) is 1. The van der Waals surface area contributed by atoms with Crippen molar-refractivity contribution in [1.29, 1.82) is 0 Å². The maximum absolute atomic E-state index is 12.0. The van der Waals surface area contributed by atoms with Gasteiger partial charge in [0.05, 0.1) is 0 Å². The van der Waals surface area contributed by atoms with Crippen LogP contribution in [-0.4, -0.2) is 65.0 Å². The molecule has 0 bridgehead atoms. The molecule has 0 aromatic carbocycles. The van der Waals surface area contributed by atoms with Gasteiger partial charge in [0.1, 0.15) is 0 Å². The number of urea groups is 1. The van der Waals surface area contributed by atoms with Gasteiger partial charge in [0.2, 0.25) is 5.91 Å². The normalized spacial score (nSPS) is 19.7. The molecule has 2 N–H and O–H groups in total. The molecule has 2 heterocycles. The van der Waals surface area contributed by atoms with Crippen LogP contribution in [0, 0.1) is 0 Å². The Morgan fingerprint density at radius 1 is 1.14 bits per heavy atom. The molecule has 0 aromatic heterocycles. The van der Waals surface area contributed by atoms with Crippen LogP contribution in [0.5, 0.6) is 0 Å². The number of carboxylic acids is 1. The van der Waals surface area contributed by atoms with E-state index in [1.165, 1.54) is 0 Å². The van der Waals surface area contributed by atoms with Gasteiger partial charge in [-0.3, -0.25) is 9.59 Å². The molecule has 0 saturated carbocycles. The molecule has 2 saturated heterocycles. The fraction of sp³-hybridized carbons (Fsp3) is 0.786. The van der Waals surface area contributed by atoms with E-state index in [4.69, 9.17) is 5.11 Å². The van der Waals surface area contributed by atoms with Crippen LogP contribution in [0.25, 0.3) is 0 Å². The van der Waals surface area contributed by atoms with Crippen molar-refractivity contribution in [3.8, 4) is 0 Å². The number of unbranched alkanes of at least 4 members (excludes halogenated alkanes) is 1. The van der Waals surface area contributed by atoms with Gasteiger partial charge in [-0.1, -0.05) is 0 Å². The molecule has 7 nitrogen and oxygen atoms in total. The largest absolute Gasteiger partial charge is 0.481 e. The quantitative estimate of drug-likeness (QED) is 0.704. The first-order valence-corrected chi connectivity index (χ1v) is 7.62. The lowest BCUT2D eigenvalue weighted by Crippen LogP contribution is -2.47. The number of likely N-dealkylation sites (tertiary alicyclic amines) is 1. The zero-order chi connectivity index (χ0) is 15.2. The van der Waals surface area contributed by atoms with Crippen LogP contribution in [0.1, 0.15) is 38.5 Å². The molecule has 0 radical (unpaired) electrons. The second-order valence-corrected chi connectivity index (χ2v) is 5.64. The molecule has 0 aromatic rings. The first-order valence-electron chi connectivity index (χ1n) is 7.62. The number of aliphatic carboxylic acids is 1. The maximum Gasteiger partial charge on any atom is 0.317 e. The number of hydrogen-bond acceptors (Lipinski definition) is 3. The second kappa shape index (κ2) is 7.28. The number of rotatable bonds is 6. The highest BCUT2D eigenvalue weighted by Crippen LogP contribution is 2.19. The van der Waals surface area contributed by atoms with Gasteiger partial charge in [-0.15, -0.1) is 0 Å². The summed E-state index contributed by atoms with van der Waals surface area (Å²) in [6.07, 6.45) is 3.37. The molecule has 3 amide bonds. The van der Waals surface area contributed by atoms with E-state index in [0.29, 0.717) is 38.9 Å². The number of amides is 3. The zero-order valence-electron chi connectivity index (χ0n) is 12.2. The standard InChI is InChI=1S/C14H23N3O4/c18-12(3-1-2-4-13(19)20)16-8-5-11(6-9-16)17-10-7-15-14(17)21/h11H,1-10H2,(H,15,21)(H,19,20). The van der Waals surface area contributed by atoms with Gasteiger partial charge in [0, 0.05) is 45.1 Å². The SMILES string of the molecule is O=C(O)CCCCC(=O)N1CCC(N2CCNC2=O)CC1. The van der Waals surface area contributed by atoms with Crippen molar-refractivity contribution >= 4 is 17.9 Å². The van der Waals surface area contributed by atoms with Crippen molar-refractivity contribution in [3.63, 3.8) is 0 Å². The number of nitrogens with zero attached hydrogens (tertiary/aromatic N) is 2. The molecule has 2 aliphatic heterocycles. The van der Waals surface area contributed by atoms with Crippen molar-refractivity contribution in [2.45, 2.75) is 44.6 Å². The Morgan fingerprint density at radius 2 is 1.81 bits per heavy atom. The number of carbonyl (C=O) groups is 3. The molecule has 2 rings (SSSR count). The fourth-order valence-corrected chi connectivity index (χ4v) is 2.97. The lowest BCUT2D eigenvalue weighted by Gasteiger charge is -2.36. The van der Waals surface area contributed by atoms with E-state index in [1.807, 2.05) is 9.80 Å². The molecule has 7 heteroatoms. The van der Waals surface area contributed by atoms with Crippen LogP contribution in [0.2, 0.25) is 0 Å². The van der Waals surface area contributed by atoms with E-state index in [1.54, 1.807) is 0 Å². The van der Waals surface area contributed by atoms with Gasteiger partial charge >= 0.3 is 12.0 Å². The van der Waals surface area contributed by atoms with Crippen LogP contribution in [-0.2, 0) is 9.59 Å². The predicted octanol–water partition coefficient (Wildman–Crippen LogP) is 0.648. The summed E-state index contributed by atoms with van der Waals surface area (Å²) >= 11 is 0. The molecule has 0 spiro atoms. The van der Waals surface area contributed by atoms with Gasteiger partial charge in [-0.25, -0.2) is 4.79 Å². The number of nitrogens with one attached hydrogen (secondary N) is 1. The lowest BCUT2D eigenvalue weighted by molar-refractivity contribution is -0.137. The number of piperidine rings is 1. The van der Waals surface area contributed by atoms with E-state index in [2.05, 4.69) is 5.32 Å². The Bertz CT molecular complexity index is 405. The third-order valence-electron chi connectivity index (χ3n) is 4.18. The molecule has 0 atom stereocenters. The summed E-state index contributed by atoms with van der Waals surface area (Å²) in [7, 11) is 0. The van der Waals surface area contributed by atoms with E-state index < -0.39 is 5.97 Å². The van der Waals surface area contributed by atoms with Crippen LogP contribution in [0.3, 0.4) is 0 Å². The van der Waals surface area contributed by atoms with E-state index in [9.17, 15) is 14.4 Å². The van der Waals surface area contributed by atoms with E-state index in [0.717, 1.165) is 19.4 Å². The van der Waals surface area contributed by atoms with Crippen LogP contribution < -0.4 is 5.32 Å². The van der Waals surface area contributed by atoms with Crippen molar-refractivity contribution in [2.24, 2.45) is 0 Å². The third kappa shape index (κ3) is 4.34. The highest BCUT2D eigenvalue weighted by molar-refractivity contribution is 5.77. The highest BCUT2D eigenvalue weighted by atomic mass is 16.4. The Morgan fingerprint density at radius 3 is 2.38 bits per heavy atom. The fourth-order valence-electron chi connectivity index (χ4n) is 2.97. The minimum absolute atomic E-state index is 0.00782. The maximum atomic E-state index is 12.0. The number of carbonyl (C=O) groups excluding carboxylic acids is 2. The molecule has 118 valence electrons. The van der Waals surface area contributed by atoms with Gasteiger partial charge in [-0.2, -0.15) is 0 Å². The first kappa shape index (κ1) is 15.6. The smallest absolute Gasteiger partial charge is 0.317 e. The van der Waals surface area contributed by atoms with Crippen molar-refractivity contribution in [1.82, 2.24) is 15.1 Å². The van der Waals surface area contributed by atoms with Crippen molar-refractivity contribution < 1.29 is 19.5 Å². The number of hydrogen-bond donors (Lipinski definition) is 2. The molecule has 2 aliphatic rings. The zero-order valence-corrected chi connectivity index (χ0v) is 12.2. The van der Waals surface area contributed by atoms with E-state index in [-0.39, 0.29) is 24.4 Å². The molecule has 0 aliphatic carbocycles. The van der Waals surface area contributed by atoms with Crippen LogP contribution >= 0.6 is 0 Å². The second-order valence-electron chi connectivity index (χ2n) is 5.64. The minimum atomic E-state index is -0.813. The van der Waals surface area contributed by atoms with Gasteiger partial charge in [-0.05, 0) is 25.7 Å². The third-order valence-corrected chi connectivity index (χ3v) is 4.18. The average Bonchev–Trinajstić information content (AvgIpc) is 2.89. The highest BCUT2D eigenvalue weighted by Gasteiger charge is 2.31. The lowest BCUT2D eigenvalue weighted by atomic mass is 10.0. The monoisotopic (exact) mass is 297 g/mol. The minimum Gasteiger partial charge on any atom is -0.481 e. The first-order chi connectivity index (χ1) is 10.1. The molecular formula is C14H23N3O4. The van der Waals surface area contributed by atoms with E-state index >= 15 is 0 Å². The Kier molecular flexibility index (Phi) is 5.41. The van der Waals surface area contributed by atoms with Crippen LogP contribution in [0.15, 0.2) is 0 Å². The van der Waals surface area contributed by atoms with Crippen molar-refractivity contribution in [2.75, 3.05) is 26.2 Å². The average molecular weight is 297 g/mol. The molecule has 2 fully saturated rings. The van der Waals surface area contributed by atoms with Gasteiger partial charge in [0.25, 0.3) is 0 Å². The predicted molar refractivity (Wildman–Crippen MR) is 75.8 cm³/mol. The summed E-state index contributed by atoms with van der Waals surface area (Å²) in [4.78, 5) is 37.7. The Labute approximate surface area is 124 Å². The van der Waals surface area contributed by atoms with Gasteiger partial charge < -0.3 is 20.2 Å². The molecule has 21 heavy (non-hydrogen) atoms. The Hall–Kier alpha value is -1.79.